The van der Waals surface area contributed by atoms with Gasteiger partial charge in [0.1, 0.15) is 6.04 Å². The van der Waals surface area contributed by atoms with Crippen LogP contribution in [-0.2, 0) is 16.0 Å². The van der Waals surface area contributed by atoms with Gasteiger partial charge in [-0.05, 0) is 18.9 Å². The number of benzene rings is 1. The summed E-state index contributed by atoms with van der Waals surface area (Å²) in [6.07, 6.45) is 0.302. The Kier molecular flexibility index (Phi) is 6.92. The molecule has 6 nitrogen and oxygen atoms in total. The second-order valence-corrected chi connectivity index (χ2v) is 3.49. The summed E-state index contributed by atoms with van der Waals surface area (Å²) in [5.41, 5.74) is 6.40. The third-order valence-electron chi connectivity index (χ3n) is 2.19. The molecule has 0 aliphatic rings. The summed E-state index contributed by atoms with van der Waals surface area (Å²) in [5.74, 6) is -0.467. The molecule has 7 heteroatoms. The van der Waals surface area contributed by atoms with E-state index in [9.17, 15) is 14.9 Å². The van der Waals surface area contributed by atoms with Crippen molar-refractivity contribution in [3.8, 4) is 0 Å². The van der Waals surface area contributed by atoms with E-state index in [1.165, 1.54) is 12.1 Å². The number of rotatable bonds is 5. The van der Waals surface area contributed by atoms with E-state index >= 15 is 0 Å². The fourth-order valence-electron chi connectivity index (χ4n) is 1.34. The minimum absolute atomic E-state index is 0. The number of nitro benzene ring substituents is 1. The topological polar surface area (TPSA) is 95.5 Å². The van der Waals surface area contributed by atoms with Crippen LogP contribution in [0.2, 0.25) is 0 Å². The van der Waals surface area contributed by atoms with Crippen LogP contribution >= 0.6 is 0 Å². The van der Waals surface area contributed by atoms with Crippen LogP contribution in [0, 0.1) is 10.1 Å². The van der Waals surface area contributed by atoms with Crippen molar-refractivity contribution in [2.45, 2.75) is 19.4 Å². The standard InChI is InChI=1S/C11H14N2O4.ClH/c1-2-17-11(14)10(12)7-8-3-5-9(6-4-8)13(15)16;/h3-6,10H,2,7,12H2,1H3;1H/t10-;/m0./s1. The minimum atomic E-state index is -0.739. The number of nitrogens with zero attached hydrogens (tertiary/aromatic N) is 1. The highest BCUT2D eigenvalue weighted by atomic mass is 35.5. The maximum atomic E-state index is 11.3. The minimum Gasteiger partial charge on any atom is -1.00 e. The SMILES string of the molecule is CCOC(=O)[C@@H](N)Cc1ccc([N+](=O)[O-])cc1.[Cl-].[H+]. The molecule has 0 aliphatic heterocycles. The van der Waals surface area contributed by atoms with Crippen molar-refractivity contribution in [2.24, 2.45) is 5.73 Å². The Labute approximate surface area is 112 Å². The third-order valence-corrected chi connectivity index (χ3v) is 2.19. The van der Waals surface area contributed by atoms with Crippen LogP contribution in [0.4, 0.5) is 5.69 Å². The number of nitrogens with two attached hydrogens (primary N) is 1. The Balaban J connectivity index is 0. The molecule has 0 fully saturated rings. The van der Waals surface area contributed by atoms with Crippen molar-refractivity contribution in [3.63, 3.8) is 0 Å². The quantitative estimate of drug-likeness (QED) is 0.386. The molecule has 18 heavy (non-hydrogen) atoms. The molecule has 0 amide bonds. The molecule has 1 aromatic carbocycles. The maximum absolute atomic E-state index is 11.3. The van der Waals surface area contributed by atoms with Crippen molar-refractivity contribution in [1.29, 1.82) is 0 Å². The molecule has 0 spiro atoms. The molecule has 1 aromatic rings. The average Bonchev–Trinajstić information content (AvgIpc) is 2.30. The first kappa shape index (κ1) is 16.3. The third kappa shape index (κ3) is 4.68. The number of hydrogen-bond donors (Lipinski definition) is 1. The highest BCUT2D eigenvalue weighted by Crippen LogP contribution is 2.13. The lowest BCUT2D eigenvalue weighted by Gasteiger charge is -2.10. The Morgan fingerprint density at radius 1 is 1.50 bits per heavy atom. The van der Waals surface area contributed by atoms with Crippen LogP contribution in [0.15, 0.2) is 24.3 Å². The molecule has 0 saturated heterocycles. The number of carbonyl (C=O) groups is 1. The number of esters is 1. The zero-order chi connectivity index (χ0) is 12.8. The van der Waals surface area contributed by atoms with Crippen molar-refractivity contribution in [3.05, 3.63) is 39.9 Å². The van der Waals surface area contributed by atoms with Crippen molar-refractivity contribution >= 4 is 11.7 Å². The molecule has 0 aromatic heterocycles. The summed E-state index contributed by atoms with van der Waals surface area (Å²) >= 11 is 0. The first-order valence-corrected chi connectivity index (χ1v) is 5.20. The first-order chi connectivity index (χ1) is 8.04. The van der Waals surface area contributed by atoms with E-state index in [0.29, 0.717) is 6.42 Å². The normalized spacial score (nSPS) is 11.2. The first-order valence-electron chi connectivity index (χ1n) is 5.20. The Morgan fingerprint density at radius 3 is 2.50 bits per heavy atom. The van der Waals surface area contributed by atoms with Crippen molar-refractivity contribution < 1.29 is 28.3 Å². The molecule has 0 unspecified atom stereocenters. The molecule has 0 saturated carbocycles. The largest absolute Gasteiger partial charge is 1.00 e. The van der Waals surface area contributed by atoms with Crippen LogP contribution in [0.3, 0.4) is 0 Å². The van der Waals surface area contributed by atoms with Crippen molar-refractivity contribution in [1.82, 2.24) is 0 Å². The average molecular weight is 275 g/mol. The van der Waals surface area contributed by atoms with Gasteiger partial charge in [-0.2, -0.15) is 0 Å². The summed E-state index contributed by atoms with van der Waals surface area (Å²) in [4.78, 5) is 21.2. The second kappa shape index (κ2) is 7.62. The van der Waals surface area contributed by atoms with Crippen LogP contribution in [0.5, 0.6) is 0 Å². The van der Waals surface area contributed by atoms with E-state index in [-0.39, 0.29) is 26.1 Å². The molecule has 1 rings (SSSR count). The lowest BCUT2D eigenvalue weighted by molar-refractivity contribution is -0.384. The predicted octanol–water partition coefficient (Wildman–Crippen LogP) is -1.86. The summed E-state index contributed by atoms with van der Waals surface area (Å²) in [5, 5.41) is 10.4. The molecule has 0 aliphatic carbocycles. The van der Waals surface area contributed by atoms with Gasteiger partial charge in [0.25, 0.3) is 5.69 Å². The Hall–Kier alpha value is -1.66. The Bertz CT molecular complexity index is 414. The van der Waals surface area contributed by atoms with Gasteiger partial charge in [0.2, 0.25) is 0 Å². The van der Waals surface area contributed by atoms with Crippen LogP contribution in [-0.4, -0.2) is 23.5 Å². The smallest absolute Gasteiger partial charge is 1.00 e. The van der Waals surface area contributed by atoms with Gasteiger partial charge in [0, 0.05) is 12.1 Å². The van der Waals surface area contributed by atoms with Gasteiger partial charge < -0.3 is 22.9 Å². The monoisotopic (exact) mass is 274 g/mol. The van der Waals surface area contributed by atoms with Crippen LogP contribution < -0.4 is 18.1 Å². The van der Waals surface area contributed by atoms with E-state index in [4.69, 9.17) is 10.5 Å². The number of ether oxygens (including phenoxy) is 1. The number of carbonyl (C=O) groups excluding carboxylic acids is 1. The number of nitro groups is 1. The highest BCUT2D eigenvalue weighted by Gasteiger charge is 2.15. The molecule has 0 bridgehead atoms. The van der Waals surface area contributed by atoms with Crippen LogP contribution in [0.1, 0.15) is 13.9 Å². The lowest BCUT2D eigenvalue weighted by atomic mass is 10.1. The molecule has 2 N–H and O–H groups in total. The predicted molar refractivity (Wildman–Crippen MR) is 62.5 cm³/mol. The van der Waals surface area contributed by atoms with Crippen LogP contribution in [0.25, 0.3) is 0 Å². The summed E-state index contributed by atoms with van der Waals surface area (Å²) in [6.45, 7) is 1.99. The Morgan fingerprint density at radius 2 is 2.06 bits per heavy atom. The van der Waals surface area contributed by atoms with E-state index in [0.717, 1.165) is 5.56 Å². The molecule has 100 valence electrons. The maximum Gasteiger partial charge on any atom is 1.00 e. The fraction of sp³-hybridized carbons (Fsp3) is 0.364. The van der Waals surface area contributed by atoms with E-state index in [1.807, 2.05) is 0 Å². The van der Waals surface area contributed by atoms with E-state index in [2.05, 4.69) is 0 Å². The lowest BCUT2D eigenvalue weighted by Crippen LogP contribution is -3.00. The molecular formula is C11H15ClN2O4. The molecular weight excluding hydrogens is 260 g/mol. The van der Waals surface area contributed by atoms with Gasteiger partial charge in [-0.25, -0.2) is 0 Å². The van der Waals surface area contributed by atoms with E-state index < -0.39 is 16.9 Å². The van der Waals surface area contributed by atoms with Gasteiger partial charge in [-0.3, -0.25) is 14.9 Å². The van der Waals surface area contributed by atoms with Gasteiger partial charge in [0.05, 0.1) is 11.5 Å². The molecule has 0 radical (unpaired) electrons. The number of non-ortho nitro benzene ring substituents is 1. The van der Waals surface area contributed by atoms with Gasteiger partial charge in [-0.1, -0.05) is 12.1 Å². The van der Waals surface area contributed by atoms with Gasteiger partial charge in [0.15, 0.2) is 0 Å². The highest BCUT2D eigenvalue weighted by molar-refractivity contribution is 5.75. The summed E-state index contributed by atoms with van der Waals surface area (Å²) < 4.78 is 4.77. The van der Waals surface area contributed by atoms with Crippen molar-refractivity contribution in [2.75, 3.05) is 6.61 Å². The van der Waals surface area contributed by atoms with E-state index in [1.54, 1.807) is 19.1 Å². The summed E-state index contributed by atoms with van der Waals surface area (Å²) in [6, 6.07) is 5.19. The van der Waals surface area contributed by atoms with Gasteiger partial charge in [-0.15, -0.1) is 0 Å². The molecule has 0 heterocycles. The number of hydrogen-bond acceptors (Lipinski definition) is 5. The molecule has 1 atom stereocenters. The zero-order valence-electron chi connectivity index (χ0n) is 10.8. The second-order valence-electron chi connectivity index (χ2n) is 3.49. The van der Waals surface area contributed by atoms with Gasteiger partial charge >= 0.3 is 7.40 Å². The number of halogens is 1. The summed E-state index contributed by atoms with van der Waals surface area (Å²) in [7, 11) is 0. The zero-order valence-corrected chi connectivity index (χ0v) is 10.6. The fourth-order valence-corrected chi connectivity index (χ4v) is 1.34.